The van der Waals surface area contributed by atoms with E-state index in [0.717, 1.165) is 22.4 Å². The molecule has 4 heteroatoms. The van der Waals surface area contributed by atoms with E-state index in [4.69, 9.17) is 0 Å². The smallest absolute Gasteiger partial charge is 0.249 e. The van der Waals surface area contributed by atoms with Crippen LogP contribution >= 0.6 is 0 Å². The predicted octanol–water partition coefficient (Wildman–Crippen LogP) is 2.77. The lowest BCUT2D eigenvalue weighted by atomic mass is 10.1. The fourth-order valence-corrected chi connectivity index (χ4v) is 3.02. The molecule has 1 aliphatic rings. The van der Waals surface area contributed by atoms with E-state index in [1.807, 2.05) is 62.4 Å². The minimum absolute atomic E-state index is 0.0306. The molecule has 0 bridgehead atoms. The maximum absolute atomic E-state index is 12.6. The van der Waals surface area contributed by atoms with Gasteiger partial charge in [-0.3, -0.25) is 9.59 Å². The number of amides is 2. The monoisotopic (exact) mass is 322 g/mol. The highest BCUT2D eigenvalue weighted by Crippen LogP contribution is 2.22. The number of anilines is 1. The minimum Gasteiger partial charge on any atom is -0.344 e. The predicted molar refractivity (Wildman–Crippen MR) is 95.0 cm³/mol. The van der Waals surface area contributed by atoms with Gasteiger partial charge in [0.2, 0.25) is 11.8 Å². The highest BCUT2D eigenvalue weighted by atomic mass is 16.2. The van der Waals surface area contributed by atoms with Gasteiger partial charge >= 0.3 is 0 Å². The van der Waals surface area contributed by atoms with E-state index in [2.05, 4.69) is 5.32 Å². The summed E-state index contributed by atoms with van der Waals surface area (Å²) in [5, 5.41) is 2.89. The van der Waals surface area contributed by atoms with Gasteiger partial charge in [0.1, 0.15) is 6.04 Å². The third-order valence-electron chi connectivity index (χ3n) is 4.50. The Kier molecular flexibility index (Phi) is 4.65. The standard InChI is InChI=1S/C20H22N2O2/c1-14-7-9-17(10-8-14)22-12-11-18(20(22)24)21-19(23)13-16-6-4-3-5-15(16)2/h3-10,18H,11-13H2,1-2H3,(H,21,23)/t18-/m0/s1. The van der Waals surface area contributed by atoms with Gasteiger partial charge in [-0.2, -0.15) is 0 Å². The number of aryl methyl sites for hydroxylation is 2. The molecule has 1 atom stereocenters. The summed E-state index contributed by atoms with van der Waals surface area (Å²) in [4.78, 5) is 26.6. The summed E-state index contributed by atoms with van der Waals surface area (Å²) in [7, 11) is 0. The van der Waals surface area contributed by atoms with E-state index in [9.17, 15) is 9.59 Å². The Balaban J connectivity index is 1.62. The van der Waals surface area contributed by atoms with Crippen LogP contribution in [0.1, 0.15) is 23.1 Å². The zero-order valence-electron chi connectivity index (χ0n) is 14.1. The van der Waals surface area contributed by atoms with Crippen LogP contribution in [-0.4, -0.2) is 24.4 Å². The molecule has 0 unspecified atom stereocenters. The average Bonchev–Trinajstić information content (AvgIpc) is 2.91. The quantitative estimate of drug-likeness (QED) is 0.941. The second kappa shape index (κ2) is 6.87. The number of hydrogen-bond acceptors (Lipinski definition) is 2. The number of rotatable bonds is 4. The van der Waals surface area contributed by atoms with Gasteiger partial charge in [-0.25, -0.2) is 0 Å². The largest absolute Gasteiger partial charge is 0.344 e. The zero-order valence-corrected chi connectivity index (χ0v) is 14.1. The van der Waals surface area contributed by atoms with Gasteiger partial charge in [-0.05, 0) is 43.5 Å². The summed E-state index contributed by atoms with van der Waals surface area (Å²) in [6, 6.07) is 15.3. The molecule has 1 fully saturated rings. The molecule has 2 amide bonds. The zero-order chi connectivity index (χ0) is 17.1. The van der Waals surface area contributed by atoms with Crippen LogP contribution in [0, 0.1) is 13.8 Å². The van der Waals surface area contributed by atoms with Crippen molar-refractivity contribution in [3.63, 3.8) is 0 Å². The molecule has 1 N–H and O–H groups in total. The van der Waals surface area contributed by atoms with Gasteiger partial charge in [0.25, 0.3) is 0 Å². The third kappa shape index (κ3) is 3.48. The Bertz CT molecular complexity index is 752. The van der Waals surface area contributed by atoms with Crippen molar-refractivity contribution in [2.24, 2.45) is 0 Å². The number of nitrogens with one attached hydrogen (secondary N) is 1. The van der Waals surface area contributed by atoms with Crippen molar-refractivity contribution in [2.75, 3.05) is 11.4 Å². The maximum Gasteiger partial charge on any atom is 0.249 e. The van der Waals surface area contributed by atoms with E-state index in [-0.39, 0.29) is 11.8 Å². The first-order valence-corrected chi connectivity index (χ1v) is 8.26. The molecule has 0 spiro atoms. The number of benzene rings is 2. The maximum atomic E-state index is 12.6. The number of carbonyl (C=O) groups is 2. The van der Waals surface area contributed by atoms with Crippen LogP contribution in [0.15, 0.2) is 48.5 Å². The highest BCUT2D eigenvalue weighted by molar-refractivity contribution is 6.01. The Hall–Kier alpha value is -2.62. The van der Waals surface area contributed by atoms with E-state index >= 15 is 0 Å². The lowest BCUT2D eigenvalue weighted by Crippen LogP contribution is -2.42. The third-order valence-corrected chi connectivity index (χ3v) is 4.50. The first kappa shape index (κ1) is 16.2. The number of carbonyl (C=O) groups excluding carboxylic acids is 2. The molecule has 1 saturated heterocycles. The van der Waals surface area contributed by atoms with Crippen LogP contribution in [0.5, 0.6) is 0 Å². The van der Waals surface area contributed by atoms with E-state index in [1.165, 1.54) is 0 Å². The summed E-state index contributed by atoms with van der Waals surface area (Å²) in [6.45, 7) is 4.64. The molecule has 0 radical (unpaired) electrons. The van der Waals surface area contributed by atoms with Crippen molar-refractivity contribution in [1.29, 1.82) is 0 Å². The molecule has 4 nitrogen and oxygen atoms in total. The van der Waals surface area contributed by atoms with E-state index < -0.39 is 6.04 Å². The Labute approximate surface area is 142 Å². The first-order chi connectivity index (χ1) is 11.5. The van der Waals surface area contributed by atoms with Gasteiger partial charge in [0.15, 0.2) is 0 Å². The van der Waals surface area contributed by atoms with Gasteiger partial charge in [0.05, 0.1) is 6.42 Å². The number of nitrogens with zero attached hydrogens (tertiary/aromatic N) is 1. The highest BCUT2D eigenvalue weighted by Gasteiger charge is 2.33. The first-order valence-electron chi connectivity index (χ1n) is 8.26. The lowest BCUT2D eigenvalue weighted by molar-refractivity contribution is -0.126. The lowest BCUT2D eigenvalue weighted by Gasteiger charge is -2.17. The van der Waals surface area contributed by atoms with Crippen molar-refractivity contribution >= 4 is 17.5 Å². The van der Waals surface area contributed by atoms with Crippen molar-refractivity contribution in [3.05, 3.63) is 65.2 Å². The van der Waals surface area contributed by atoms with Crippen LogP contribution in [0.3, 0.4) is 0 Å². The summed E-state index contributed by atoms with van der Waals surface area (Å²) < 4.78 is 0. The molecule has 0 saturated carbocycles. The van der Waals surface area contributed by atoms with Crippen molar-refractivity contribution in [2.45, 2.75) is 32.7 Å². The van der Waals surface area contributed by atoms with Gasteiger partial charge in [0, 0.05) is 12.2 Å². The molecular formula is C20H22N2O2. The normalized spacial score (nSPS) is 17.2. The van der Waals surface area contributed by atoms with Crippen LogP contribution in [-0.2, 0) is 16.0 Å². The van der Waals surface area contributed by atoms with Gasteiger partial charge < -0.3 is 10.2 Å². The Morgan fingerprint density at radius 3 is 2.54 bits per heavy atom. The topological polar surface area (TPSA) is 49.4 Å². The summed E-state index contributed by atoms with van der Waals surface area (Å²) >= 11 is 0. The molecule has 0 aromatic heterocycles. The Morgan fingerprint density at radius 1 is 1.12 bits per heavy atom. The van der Waals surface area contributed by atoms with Gasteiger partial charge in [-0.15, -0.1) is 0 Å². The van der Waals surface area contributed by atoms with Gasteiger partial charge in [-0.1, -0.05) is 42.0 Å². The van der Waals surface area contributed by atoms with E-state index in [0.29, 0.717) is 19.4 Å². The SMILES string of the molecule is Cc1ccc(N2CC[C@H](NC(=O)Cc3ccccc3C)C2=O)cc1. The molecule has 0 aliphatic carbocycles. The van der Waals surface area contributed by atoms with Crippen molar-refractivity contribution < 1.29 is 9.59 Å². The van der Waals surface area contributed by atoms with Crippen LogP contribution in [0.25, 0.3) is 0 Å². The van der Waals surface area contributed by atoms with Crippen LogP contribution in [0.2, 0.25) is 0 Å². The van der Waals surface area contributed by atoms with E-state index in [1.54, 1.807) is 4.90 Å². The second-order valence-corrected chi connectivity index (χ2v) is 6.34. The second-order valence-electron chi connectivity index (χ2n) is 6.34. The van der Waals surface area contributed by atoms with Crippen molar-refractivity contribution in [1.82, 2.24) is 5.32 Å². The molecule has 124 valence electrons. The molecule has 2 aromatic rings. The molecule has 2 aromatic carbocycles. The summed E-state index contributed by atoms with van der Waals surface area (Å²) in [6.07, 6.45) is 0.952. The Morgan fingerprint density at radius 2 is 1.83 bits per heavy atom. The summed E-state index contributed by atoms with van der Waals surface area (Å²) in [5.41, 5.74) is 4.14. The minimum atomic E-state index is -0.428. The van der Waals surface area contributed by atoms with Crippen LogP contribution in [0.4, 0.5) is 5.69 Å². The fourth-order valence-electron chi connectivity index (χ4n) is 3.02. The molecule has 1 aliphatic heterocycles. The fraction of sp³-hybridized carbons (Fsp3) is 0.300. The molecular weight excluding hydrogens is 300 g/mol. The number of hydrogen-bond donors (Lipinski definition) is 1. The molecule has 3 rings (SSSR count). The molecule has 24 heavy (non-hydrogen) atoms. The van der Waals surface area contributed by atoms with Crippen LogP contribution < -0.4 is 10.2 Å². The summed E-state index contributed by atoms with van der Waals surface area (Å²) in [5.74, 6) is -0.134. The average molecular weight is 322 g/mol. The molecule has 1 heterocycles. The van der Waals surface area contributed by atoms with Crippen molar-refractivity contribution in [3.8, 4) is 0 Å².